The summed E-state index contributed by atoms with van der Waals surface area (Å²) in [5.41, 5.74) is 3.52. The number of amides is 1. The van der Waals surface area contributed by atoms with Crippen LogP contribution in [0, 0.1) is 18.8 Å². The van der Waals surface area contributed by atoms with E-state index in [1.54, 1.807) is 0 Å². The molecular formula is C27H30BrNO4. The minimum Gasteiger partial charge on any atom is -0.491 e. The van der Waals surface area contributed by atoms with E-state index in [2.05, 4.69) is 64.2 Å². The van der Waals surface area contributed by atoms with Gasteiger partial charge in [0.1, 0.15) is 12.4 Å². The van der Waals surface area contributed by atoms with Crippen LogP contribution in [0.25, 0.3) is 0 Å². The van der Waals surface area contributed by atoms with E-state index in [-0.39, 0.29) is 29.2 Å². The average molecular weight is 512 g/mol. The fourth-order valence-corrected chi connectivity index (χ4v) is 6.50. The summed E-state index contributed by atoms with van der Waals surface area (Å²) in [5, 5.41) is 9.32. The van der Waals surface area contributed by atoms with Crippen LogP contribution in [0.15, 0.2) is 46.9 Å². The number of likely N-dealkylation sites (tertiary alicyclic amines) is 1. The Kier molecular flexibility index (Phi) is 5.98. The molecule has 2 unspecified atom stereocenters. The quantitative estimate of drug-likeness (QED) is 0.618. The van der Waals surface area contributed by atoms with Gasteiger partial charge >= 0.3 is 5.97 Å². The second kappa shape index (κ2) is 8.79. The zero-order valence-corrected chi connectivity index (χ0v) is 20.5. The van der Waals surface area contributed by atoms with Crippen LogP contribution < -0.4 is 4.74 Å². The highest BCUT2D eigenvalue weighted by Crippen LogP contribution is 2.50. The number of ether oxygens (including phenoxy) is 1. The van der Waals surface area contributed by atoms with Crippen LogP contribution >= 0.6 is 15.9 Å². The molecule has 2 heterocycles. The summed E-state index contributed by atoms with van der Waals surface area (Å²) in [6, 6.07) is 15.0. The van der Waals surface area contributed by atoms with Gasteiger partial charge in [-0.1, -0.05) is 51.8 Å². The normalized spacial score (nSPS) is 28.5. The van der Waals surface area contributed by atoms with Crippen molar-refractivity contribution in [3.63, 3.8) is 0 Å². The second-order valence-corrected chi connectivity index (χ2v) is 10.9. The highest BCUT2D eigenvalue weighted by molar-refractivity contribution is 9.10. The molecule has 0 radical (unpaired) electrons. The lowest BCUT2D eigenvalue weighted by Gasteiger charge is -2.44. The predicted octanol–water partition coefficient (Wildman–Crippen LogP) is 5.12. The van der Waals surface area contributed by atoms with Crippen molar-refractivity contribution >= 4 is 27.8 Å². The van der Waals surface area contributed by atoms with Crippen LogP contribution in [0.3, 0.4) is 0 Å². The molecule has 0 spiro atoms. The van der Waals surface area contributed by atoms with Gasteiger partial charge in [0.05, 0.1) is 12.0 Å². The van der Waals surface area contributed by atoms with E-state index < -0.39 is 5.97 Å². The fraction of sp³-hybridized carbons (Fsp3) is 0.481. The number of aliphatic carboxylic acids is 1. The number of nitrogens with zero attached hydrogens (tertiary/aromatic N) is 1. The summed E-state index contributed by atoms with van der Waals surface area (Å²) in [5.74, 6) is -0.0379. The lowest BCUT2D eigenvalue weighted by atomic mass is 9.68. The van der Waals surface area contributed by atoms with Gasteiger partial charge in [-0.15, -0.1) is 0 Å². The Balaban J connectivity index is 1.45. The molecule has 2 fully saturated rings. The van der Waals surface area contributed by atoms with Crippen molar-refractivity contribution in [2.75, 3.05) is 13.2 Å². The maximum absolute atomic E-state index is 13.7. The highest BCUT2D eigenvalue weighted by atomic mass is 79.9. The van der Waals surface area contributed by atoms with Crippen molar-refractivity contribution < 1.29 is 19.4 Å². The average Bonchev–Trinajstić information content (AvgIpc) is 3.19. The number of carboxylic acids is 1. The van der Waals surface area contributed by atoms with Gasteiger partial charge in [-0.25, -0.2) is 0 Å². The SMILES string of the molecule is Cc1ccc(CC23CCN(C(=O)C4CCC(C(=O)O)CC4)C2COc2cc(Br)ccc23)cc1. The van der Waals surface area contributed by atoms with E-state index in [1.807, 2.05) is 6.07 Å². The van der Waals surface area contributed by atoms with Crippen molar-refractivity contribution in [1.29, 1.82) is 0 Å². The van der Waals surface area contributed by atoms with Crippen LogP contribution in [0.4, 0.5) is 0 Å². The third-order valence-electron chi connectivity index (χ3n) is 8.04. The topological polar surface area (TPSA) is 66.8 Å². The molecule has 33 heavy (non-hydrogen) atoms. The monoisotopic (exact) mass is 511 g/mol. The van der Waals surface area contributed by atoms with Gasteiger partial charge in [-0.2, -0.15) is 0 Å². The molecule has 0 aromatic heterocycles. The van der Waals surface area contributed by atoms with Gasteiger partial charge in [0.25, 0.3) is 0 Å². The molecule has 174 valence electrons. The molecule has 1 amide bonds. The molecule has 2 atom stereocenters. The smallest absolute Gasteiger partial charge is 0.306 e. The van der Waals surface area contributed by atoms with E-state index in [9.17, 15) is 14.7 Å². The van der Waals surface area contributed by atoms with Gasteiger partial charge in [-0.3, -0.25) is 9.59 Å². The summed E-state index contributed by atoms with van der Waals surface area (Å²) < 4.78 is 7.21. The second-order valence-electron chi connectivity index (χ2n) is 9.95. The molecule has 1 aliphatic carbocycles. The Labute approximate surface area is 203 Å². The summed E-state index contributed by atoms with van der Waals surface area (Å²) in [6.45, 7) is 3.31. The Hall–Kier alpha value is -2.34. The summed E-state index contributed by atoms with van der Waals surface area (Å²) in [4.78, 5) is 27.1. The molecule has 6 heteroatoms. The first-order valence-electron chi connectivity index (χ1n) is 11.9. The van der Waals surface area contributed by atoms with Gasteiger partial charge < -0.3 is 14.7 Å². The predicted molar refractivity (Wildman–Crippen MR) is 129 cm³/mol. The van der Waals surface area contributed by atoms with E-state index >= 15 is 0 Å². The molecule has 2 aliphatic heterocycles. The van der Waals surface area contributed by atoms with Crippen molar-refractivity contribution in [3.05, 3.63) is 63.6 Å². The number of halogens is 1. The summed E-state index contributed by atoms with van der Waals surface area (Å²) >= 11 is 3.57. The van der Waals surface area contributed by atoms with Crippen LogP contribution in [0.1, 0.15) is 48.8 Å². The van der Waals surface area contributed by atoms with E-state index in [1.165, 1.54) is 16.7 Å². The lowest BCUT2D eigenvalue weighted by Crippen LogP contribution is -2.53. The number of hydrogen-bond donors (Lipinski definition) is 1. The molecule has 1 saturated carbocycles. The summed E-state index contributed by atoms with van der Waals surface area (Å²) in [6.07, 6.45) is 4.27. The van der Waals surface area contributed by atoms with Gasteiger partial charge in [0.15, 0.2) is 0 Å². The molecule has 5 rings (SSSR count). The largest absolute Gasteiger partial charge is 0.491 e. The van der Waals surface area contributed by atoms with Gasteiger partial charge in [0, 0.05) is 27.9 Å². The number of carboxylic acid groups (broad SMARTS) is 1. The molecule has 5 nitrogen and oxygen atoms in total. The Bertz CT molecular complexity index is 1060. The highest BCUT2D eigenvalue weighted by Gasteiger charge is 2.54. The van der Waals surface area contributed by atoms with E-state index in [4.69, 9.17) is 4.74 Å². The number of hydrogen-bond acceptors (Lipinski definition) is 3. The van der Waals surface area contributed by atoms with Crippen molar-refractivity contribution in [2.24, 2.45) is 11.8 Å². The molecule has 0 bridgehead atoms. The van der Waals surface area contributed by atoms with Crippen LogP contribution in [0.5, 0.6) is 5.75 Å². The van der Waals surface area contributed by atoms with Crippen molar-refractivity contribution in [2.45, 2.75) is 56.9 Å². The van der Waals surface area contributed by atoms with E-state index in [0.29, 0.717) is 38.8 Å². The molecule has 3 aliphatic rings. The number of benzene rings is 2. The number of fused-ring (bicyclic) bond motifs is 3. The molecule has 1 N–H and O–H groups in total. The van der Waals surface area contributed by atoms with Crippen molar-refractivity contribution in [1.82, 2.24) is 4.90 Å². The molecule has 2 aromatic carbocycles. The number of carbonyl (C=O) groups is 2. The third kappa shape index (κ3) is 4.07. The number of aryl methyl sites for hydroxylation is 1. The Morgan fingerprint density at radius 2 is 1.79 bits per heavy atom. The maximum atomic E-state index is 13.7. The Morgan fingerprint density at radius 3 is 2.48 bits per heavy atom. The van der Waals surface area contributed by atoms with Gasteiger partial charge in [0.2, 0.25) is 5.91 Å². The first-order chi connectivity index (χ1) is 15.9. The first-order valence-corrected chi connectivity index (χ1v) is 12.7. The lowest BCUT2D eigenvalue weighted by molar-refractivity contribution is -0.146. The van der Waals surface area contributed by atoms with E-state index in [0.717, 1.165) is 23.1 Å². The van der Waals surface area contributed by atoms with Crippen LogP contribution in [-0.2, 0) is 21.4 Å². The van der Waals surface area contributed by atoms with Crippen LogP contribution in [-0.4, -0.2) is 41.1 Å². The van der Waals surface area contributed by atoms with Gasteiger partial charge in [-0.05, 0) is 63.1 Å². The first kappa shape index (κ1) is 22.5. The zero-order chi connectivity index (χ0) is 23.2. The van der Waals surface area contributed by atoms with Crippen molar-refractivity contribution in [3.8, 4) is 5.75 Å². The summed E-state index contributed by atoms with van der Waals surface area (Å²) in [7, 11) is 0. The standard InChI is InChI=1S/C27H30BrNO4/c1-17-2-4-18(5-3-17)15-27-12-13-29(25(30)19-6-8-20(9-7-19)26(31)32)24(27)16-33-23-14-21(28)10-11-22(23)27/h2-5,10-11,14,19-20,24H,6-9,12-13,15-16H2,1H3,(H,31,32). The number of carbonyl (C=O) groups excluding carboxylic acids is 1. The Morgan fingerprint density at radius 1 is 1.09 bits per heavy atom. The maximum Gasteiger partial charge on any atom is 0.306 e. The minimum absolute atomic E-state index is 0.0165. The number of rotatable bonds is 4. The minimum atomic E-state index is -0.734. The molecule has 1 saturated heterocycles. The third-order valence-corrected chi connectivity index (χ3v) is 8.53. The molecule has 2 aromatic rings. The zero-order valence-electron chi connectivity index (χ0n) is 18.9. The fourth-order valence-electron chi connectivity index (χ4n) is 6.16. The van der Waals surface area contributed by atoms with Crippen LogP contribution in [0.2, 0.25) is 0 Å². The molecular weight excluding hydrogens is 482 g/mol.